The normalized spacial score (nSPS) is 18.8. The number of piperazine rings is 1. The summed E-state index contributed by atoms with van der Waals surface area (Å²) in [6.45, 7) is 6.78. The maximum absolute atomic E-state index is 12.2. The molecule has 2 amide bonds. The standard InChI is InChI=1S/C19H27N3O2/c1-15(2)14-21-18(23)13-17-19(24)20-10-12-22(17)11-6-9-16-7-4-3-5-8-16/h3-9,15,17H,10-14H2,1-2H3,(H,20,24)(H,21,23)/b9-6+. The molecule has 1 atom stereocenters. The van der Waals surface area contributed by atoms with Crippen molar-refractivity contribution in [1.82, 2.24) is 15.5 Å². The van der Waals surface area contributed by atoms with Crippen molar-refractivity contribution in [1.29, 1.82) is 0 Å². The smallest absolute Gasteiger partial charge is 0.237 e. The van der Waals surface area contributed by atoms with Crippen molar-refractivity contribution in [3.63, 3.8) is 0 Å². The van der Waals surface area contributed by atoms with Crippen molar-refractivity contribution in [3.05, 3.63) is 42.0 Å². The van der Waals surface area contributed by atoms with E-state index < -0.39 is 6.04 Å². The molecule has 1 aromatic rings. The first-order valence-corrected chi connectivity index (χ1v) is 8.56. The first kappa shape index (κ1) is 18.2. The first-order valence-electron chi connectivity index (χ1n) is 8.56. The average molecular weight is 329 g/mol. The SMILES string of the molecule is CC(C)CNC(=O)CC1C(=O)NCCN1C/C=C/c1ccccc1. The molecule has 2 rings (SSSR count). The van der Waals surface area contributed by atoms with Gasteiger partial charge >= 0.3 is 0 Å². The lowest BCUT2D eigenvalue weighted by Crippen LogP contribution is -2.56. The molecule has 5 nitrogen and oxygen atoms in total. The van der Waals surface area contributed by atoms with Gasteiger partial charge in [0.2, 0.25) is 11.8 Å². The van der Waals surface area contributed by atoms with Gasteiger partial charge in [-0.05, 0) is 11.5 Å². The van der Waals surface area contributed by atoms with E-state index in [1.54, 1.807) is 0 Å². The van der Waals surface area contributed by atoms with Gasteiger partial charge < -0.3 is 10.6 Å². The number of amides is 2. The predicted molar refractivity (Wildman–Crippen MR) is 96.3 cm³/mol. The molecule has 0 aromatic heterocycles. The number of nitrogens with zero attached hydrogens (tertiary/aromatic N) is 1. The Labute approximate surface area is 144 Å². The van der Waals surface area contributed by atoms with E-state index in [0.29, 0.717) is 25.6 Å². The number of carbonyl (C=O) groups is 2. The van der Waals surface area contributed by atoms with E-state index in [1.807, 2.05) is 56.3 Å². The molecule has 130 valence electrons. The maximum Gasteiger partial charge on any atom is 0.237 e. The largest absolute Gasteiger partial charge is 0.356 e. The molecule has 0 spiro atoms. The number of carbonyl (C=O) groups excluding carboxylic acids is 2. The Morgan fingerprint density at radius 3 is 2.83 bits per heavy atom. The van der Waals surface area contributed by atoms with Crippen molar-refractivity contribution >= 4 is 17.9 Å². The van der Waals surface area contributed by atoms with Crippen LogP contribution in [0.25, 0.3) is 6.08 Å². The van der Waals surface area contributed by atoms with Crippen LogP contribution in [0.4, 0.5) is 0 Å². The van der Waals surface area contributed by atoms with E-state index in [-0.39, 0.29) is 18.2 Å². The second-order valence-electron chi connectivity index (χ2n) is 6.52. The minimum Gasteiger partial charge on any atom is -0.356 e. The van der Waals surface area contributed by atoms with Gasteiger partial charge in [0.15, 0.2) is 0 Å². The second-order valence-corrected chi connectivity index (χ2v) is 6.52. The molecule has 1 aromatic carbocycles. The molecule has 0 saturated carbocycles. The highest BCUT2D eigenvalue weighted by molar-refractivity contribution is 5.88. The van der Waals surface area contributed by atoms with Gasteiger partial charge in [-0.25, -0.2) is 0 Å². The Hall–Kier alpha value is -2.14. The van der Waals surface area contributed by atoms with Crippen LogP contribution in [0.3, 0.4) is 0 Å². The van der Waals surface area contributed by atoms with Crippen LogP contribution in [0.1, 0.15) is 25.8 Å². The van der Waals surface area contributed by atoms with E-state index in [2.05, 4.69) is 15.5 Å². The summed E-state index contributed by atoms with van der Waals surface area (Å²) in [7, 11) is 0. The summed E-state index contributed by atoms with van der Waals surface area (Å²) in [6.07, 6.45) is 4.30. The summed E-state index contributed by atoms with van der Waals surface area (Å²) in [5.41, 5.74) is 1.13. The summed E-state index contributed by atoms with van der Waals surface area (Å²) >= 11 is 0. The minimum absolute atomic E-state index is 0.0611. The summed E-state index contributed by atoms with van der Waals surface area (Å²) in [6, 6.07) is 9.66. The molecule has 2 N–H and O–H groups in total. The van der Waals surface area contributed by atoms with E-state index in [0.717, 1.165) is 12.1 Å². The third-order valence-electron chi connectivity index (χ3n) is 3.98. The molecular formula is C19H27N3O2. The summed E-state index contributed by atoms with van der Waals surface area (Å²) in [5.74, 6) is 0.274. The lowest BCUT2D eigenvalue weighted by molar-refractivity contribution is -0.133. The summed E-state index contributed by atoms with van der Waals surface area (Å²) < 4.78 is 0. The third kappa shape index (κ3) is 5.81. The van der Waals surface area contributed by atoms with Crippen LogP contribution in [0.15, 0.2) is 36.4 Å². The van der Waals surface area contributed by atoms with Crippen LogP contribution in [0.5, 0.6) is 0 Å². The third-order valence-corrected chi connectivity index (χ3v) is 3.98. The minimum atomic E-state index is -0.397. The van der Waals surface area contributed by atoms with Crippen molar-refractivity contribution < 1.29 is 9.59 Å². The van der Waals surface area contributed by atoms with Crippen LogP contribution in [0, 0.1) is 5.92 Å². The van der Waals surface area contributed by atoms with Crippen molar-refractivity contribution in [3.8, 4) is 0 Å². The topological polar surface area (TPSA) is 61.4 Å². The Morgan fingerprint density at radius 2 is 2.12 bits per heavy atom. The van der Waals surface area contributed by atoms with Gasteiger partial charge in [0.05, 0.1) is 12.5 Å². The van der Waals surface area contributed by atoms with E-state index >= 15 is 0 Å². The van der Waals surface area contributed by atoms with Crippen molar-refractivity contribution in [2.45, 2.75) is 26.3 Å². The molecule has 1 saturated heterocycles. The monoisotopic (exact) mass is 329 g/mol. The highest BCUT2D eigenvalue weighted by atomic mass is 16.2. The summed E-state index contributed by atoms with van der Waals surface area (Å²) in [4.78, 5) is 26.3. The number of hydrogen-bond donors (Lipinski definition) is 2. The zero-order valence-corrected chi connectivity index (χ0v) is 14.5. The van der Waals surface area contributed by atoms with Crippen LogP contribution < -0.4 is 10.6 Å². The first-order chi connectivity index (χ1) is 11.6. The fourth-order valence-electron chi connectivity index (χ4n) is 2.66. The Kier molecular flexibility index (Phi) is 7.00. The van der Waals surface area contributed by atoms with Gasteiger partial charge in [-0.1, -0.05) is 56.3 Å². The van der Waals surface area contributed by atoms with Crippen molar-refractivity contribution in [2.24, 2.45) is 5.92 Å². The summed E-state index contributed by atoms with van der Waals surface area (Å²) in [5, 5.41) is 5.74. The fraction of sp³-hybridized carbons (Fsp3) is 0.474. The molecule has 24 heavy (non-hydrogen) atoms. The lowest BCUT2D eigenvalue weighted by atomic mass is 10.1. The second kappa shape index (κ2) is 9.23. The maximum atomic E-state index is 12.2. The highest BCUT2D eigenvalue weighted by Crippen LogP contribution is 2.10. The molecule has 1 heterocycles. The fourth-order valence-corrected chi connectivity index (χ4v) is 2.66. The molecule has 5 heteroatoms. The van der Waals surface area contributed by atoms with Gasteiger partial charge in [-0.15, -0.1) is 0 Å². The van der Waals surface area contributed by atoms with E-state index in [9.17, 15) is 9.59 Å². The van der Waals surface area contributed by atoms with Gasteiger partial charge in [0.25, 0.3) is 0 Å². The number of hydrogen-bond acceptors (Lipinski definition) is 3. The van der Waals surface area contributed by atoms with E-state index in [4.69, 9.17) is 0 Å². The number of benzene rings is 1. The zero-order chi connectivity index (χ0) is 17.4. The molecule has 1 fully saturated rings. The molecular weight excluding hydrogens is 302 g/mol. The Morgan fingerprint density at radius 1 is 1.38 bits per heavy atom. The number of rotatable bonds is 7. The van der Waals surface area contributed by atoms with Crippen LogP contribution >= 0.6 is 0 Å². The number of nitrogens with one attached hydrogen (secondary N) is 2. The van der Waals surface area contributed by atoms with Crippen LogP contribution in [-0.2, 0) is 9.59 Å². The molecule has 0 aliphatic carbocycles. The average Bonchev–Trinajstić information content (AvgIpc) is 2.57. The molecule has 0 bridgehead atoms. The van der Waals surface area contributed by atoms with Crippen LogP contribution in [0.2, 0.25) is 0 Å². The Bertz CT molecular complexity index is 569. The van der Waals surface area contributed by atoms with Gasteiger partial charge in [-0.3, -0.25) is 14.5 Å². The molecule has 1 aliphatic rings. The Balaban J connectivity index is 1.91. The highest BCUT2D eigenvalue weighted by Gasteiger charge is 2.30. The molecule has 1 aliphatic heterocycles. The zero-order valence-electron chi connectivity index (χ0n) is 14.5. The molecule has 1 unspecified atom stereocenters. The van der Waals surface area contributed by atoms with Crippen LogP contribution in [-0.4, -0.2) is 48.9 Å². The quantitative estimate of drug-likeness (QED) is 0.800. The lowest BCUT2D eigenvalue weighted by Gasteiger charge is -2.33. The van der Waals surface area contributed by atoms with Gasteiger partial charge in [0, 0.05) is 26.2 Å². The van der Waals surface area contributed by atoms with Gasteiger partial charge in [-0.2, -0.15) is 0 Å². The van der Waals surface area contributed by atoms with E-state index in [1.165, 1.54) is 0 Å². The van der Waals surface area contributed by atoms with Crippen molar-refractivity contribution in [2.75, 3.05) is 26.2 Å². The molecule has 0 radical (unpaired) electrons. The van der Waals surface area contributed by atoms with Gasteiger partial charge in [0.1, 0.15) is 0 Å². The predicted octanol–water partition coefficient (Wildman–Crippen LogP) is 1.66.